The van der Waals surface area contributed by atoms with Gasteiger partial charge in [0.1, 0.15) is 0 Å². The summed E-state index contributed by atoms with van der Waals surface area (Å²) >= 11 is 6.11. The van der Waals surface area contributed by atoms with E-state index >= 15 is 0 Å². The highest BCUT2D eigenvalue weighted by Gasteiger charge is 2.37. The van der Waals surface area contributed by atoms with E-state index < -0.39 is 0 Å². The van der Waals surface area contributed by atoms with Crippen molar-refractivity contribution >= 4 is 11.6 Å². The molecule has 15 heavy (non-hydrogen) atoms. The normalized spacial score (nSPS) is 18.1. The average Bonchev–Trinajstić information content (AvgIpc) is 2.83. The Morgan fingerprint density at radius 1 is 1.53 bits per heavy atom. The molecule has 2 rings (SSSR count). The smallest absolute Gasteiger partial charge is 0.154 e. The van der Waals surface area contributed by atoms with Gasteiger partial charge in [0, 0.05) is 23.8 Å². The quantitative estimate of drug-likeness (QED) is 0.856. The van der Waals surface area contributed by atoms with Crippen molar-refractivity contribution in [3.8, 4) is 0 Å². The molecule has 1 aliphatic rings. The zero-order valence-electron chi connectivity index (χ0n) is 9.39. The van der Waals surface area contributed by atoms with Gasteiger partial charge in [0.05, 0.1) is 0 Å². The van der Waals surface area contributed by atoms with Gasteiger partial charge in [-0.1, -0.05) is 18.5 Å². The summed E-state index contributed by atoms with van der Waals surface area (Å²) in [5.41, 5.74) is 8.61. The van der Waals surface area contributed by atoms with Gasteiger partial charge in [-0.05, 0) is 32.1 Å². The summed E-state index contributed by atoms with van der Waals surface area (Å²) in [5, 5.41) is 4.90. The maximum Gasteiger partial charge on any atom is 0.154 e. The molecule has 1 heterocycles. The Balaban J connectivity index is 2.12. The number of hydrogen-bond donors (Lipinski definition) is 1. The fourth-order valence-electron chi connectivity index (χ4n) is 2.04. The lowest BCUT2D eigenvalue weighted by atomic mass is 10.0. The van der Waals surface area contributed by atoms with Crippen molar-refractivity contribution in [2.24, 2.45) is 12.8 Å². The molecule has 4 heteroatoms. The van der Waals surface area contributed by atoms with Crippen LogP contribution in [0.2, 0.25) is 5.15 Å². The molecule has 1 aromatic heterocycles. The highest BCUT2D eigenvalue weighted by molar-refractivity contribution is 6.30. The molecule has 1 aromatic rings. The molecule has 0 atom stereocenters. The van der Waals surface area contributed by atoms with Crippen molar-refractivity contribution in [1.82, 2.24) is 9.78 Å². The average molecular weight is 228 g/mol. The van der Waals surface area contributed by atoms with Crippen LogP contribution in [0, 0.1) is 0 Å². The van der Waals surface area contributed by atoms with Crippen LogP contribution in [0.5, 0.6) is 0 Å². The van der Waals surface area contributed by atoms with Crippen LogP contribution in [0.15, 0.2) is 0 Å². The van der Waals surface area contributed by atoms with Crippen LogP contribution in [0.4, 0.5) is 0 Å². The molecule has 0 amide bonds. The number of nitrogens with two attached hydrogens (primary N) is 1. The SMILES string of the molecule is CCc1c(CCC2(N)CC2)c(Cl)nn1C. The second-order valence-electron chi connectivity index (χ2n) is 4.56. The van der Waals surface area contributed by atoms with Crippen molar-refractivity contribution in [1.29, 1.82) is 0 Å². The highest BCUT2D eigenvalue weighted by Crippen LogP contribution is 2.37. The number of rotatable bonds is 4. The minimum Gasteiger partial charge on any atom is -0.325 e. The highest BCUT2D eigenvalue weighted by atomic mass is 35.5. The van der Waals surface area contributed by atoms with Crippen molar-refractivity contribution in [2.45, 2.75) is 44.6 Å². The number of hydrogen-bond acceptors (Lipinski definition) is 2. The Morgan fingerprint density at radius 3 is 2.73 bits per heavy atom. The maximum atomic E-state index is 6.11. The van der Waals surface area contributed by atoms with Gasteiger partial charge < -0.3 is 5.73 Å². The van der Waals surface area contributed by atoms with E-state index in [2.05, 4.69) is 12.0 Å². The Bertz CT molecular complexity index is 366. The third kappa shape index (κ3) is 2.18. The van der Waals surface area contributed by atoms with E-state index in [1.54, 1.807) is 0 Å². The predicted octanol–water partition coefficient (Wildman–Crippen LogP) is 2.06. The van der Waals surface area contributed by atoms with Gasteiger partial charge in [0.25, 0.3) is 0 Å². The first-order valence-corrected chi connectivity index (χ1v) is 5.92. The summed E-state index contributed by atoms with van der Waals surface area (Å²) in [4.78, 5) is 0. The molecule has 0 radical (unpaired) electrons. The minimum absolute atomic E-state index is 0.101. The monoisotopic (exact) mass is 227 g/mol. The minimum atomic E-state index is 0.101. The van der Waals surface area contributed by atoms with E-state index in [-0.39, 0.29) is 5.54 Å². The first-order chi connectivity index (χ1) is 7.06. The van der Waals surface area contributed by atoms with Crippen LogP contribution < -0.4 is 5.73 Å². The van der Waals surface area contributed by atoms with E-state index in [9.17, 15) is 0 Å². The predicted molar refractivity (Wildman–Crippen MR) is 62.1 cm³/mol. The molecular formula is C11H18ClN3. The van der Waals surface area contributed by atoms with Crippen LogP contribution >= 0.6 is 11.6 Å². The Kier molecular flexibility index (Phi) is 2.77. The molecule has 2 N–H and O–H groups in total. The second kappa shape index (κ2) is 3.80. The molecule has 0 saturated heterocycles. The molecule has 1 fully saturated rings. The lowest BCUT2D eigenvalue weighted by Gasteiger charge is -2.08. The summed E-state index contributed by atoms with van der Waals surface area (Å²) in [6.07, 6.45) is 5.29. The fraction of sp³-hybridized carbons (Fsp3) is 0.727. The van der Waals surface area contributed by atoms with Gasteiger partial charge in [0.2, 0.25) is 0 Å². The summed E-state index contributed by atoms with van der Waals surface area (Å²) < 4.78 is 1.88. The molecule has 0 unspecified atom stereocenters. The molecule has 0 spiro atoms. The number of nitrogens with zero attached hydrogens (tertiary/aromatic N) is 2. The third-order valence-electron chi connectivity index (χ3n) is 3.33. The van der Waals surface area contributed by atoms with E-state index in [0.29, 0.717) is 5.15 Å². The summed E-state index contributed by atoms with van der Waals surface area (Å²) in [7, 11) is 1.95. The molecular weight excluding hydrogens is 210 g/mol. The molecule has 0 aromatic carbocycles. The van der Waals surface area contributed by atoms with E-state index in [0.717, 1.165) is 32.1 Å². The van der Waals surface area contributed by atoms with Gasteiger partial charge in [-0.3, -0.25) is 4.68 Å². The molecule has 3 nitrogen and oxygen atoms in total. The van der Waals surface area contributed by atoms with Crippen LogP contribution in [0.3, 0.4) is 0 Å². The van der Waals surface area contributed by atoms with Gasteiger partial charge in [-0.25, -0.2) is 0 Å². The van der Waals surface area contributed by atoms with Gasteiger partial charge in [-0.2, -0.15) is 5.10 Å². The van der Waals surface area contributed by atoms with Crippen LogP contribution in [-0.4, -0.2) is 15.3 Å². The fourth-order valence-corrected chi connectivity index (χ4v) is 2.36. The molecule has 0 aliphatic heterocycles. The summed E-state index contributed by atoms with van der Waals surface area (Å²) in [6.45, 7) is 2.13. The first-order valence-electron chi connectivity index (χ1n) is 5.55. The van der Waals surface area contributed by atoms with Gasteiger partial charge >= 0.3 is 0 Å². The standard InChI is InChI=1S/C11H18ClN3/c1-3-9-8(10(12)14-15(9)2)4-5-11(13)6-7-11/h3-7,13H2,1-2H3. The zero-order valence-corrected chi connectivity index (χ0v) is 10.1. The molecule has 1 aliphatic carbocycles. The molecule has 1 saturated carbocycles. The van der Waals surface area contributed by atoms with Crippen LogP contribution in [-0.2, 0) is 19.9 Å². The number of aromatic nitrogens is 2. The lowest BCUT2D eigenvalue weighted by Crippen LogP contribution is -2.22. The third-order valence-corrected chi connectivity index (χ3v) is 3.63. The Labute approximate surface area is 95.6 Å². The van der Waals surface area contributed by atoms with Crippen molar-refractivity contribution in [2.75, 3.05) is 0 Å². The van der Waals surface area contributed by atoms with Crippen LogP contribution in [0.25, 0.3) is 0 Å². The van der Waals surface area contributed by atoms with Crippen LogP contribution in [0.1, 0.15) is 37.4 Å². The van der Waals surface area contributed by atoms with Crippen molar-refractivity contribution in [3.63, 3.8) is 0 Å². The first kappa shape index (κ1) is 11.0. The van der Waals surface area contributed by atoms with Crippen molar-refractivity contribution < 1.29 is 0 Å². The number of aryl methyl sites for hydroxylation is 1. The van der Waals surface area contributed by atoms with E-state index in [4.69, 9.17) is 17.3 Å². The van der Waals surface area contributed by atoms with Crippen molar-refractivity contribution in [3.05, 3.63) is 16.4 Å². The lowest BCUT2D eigenvalue weighted by molar-refractivity contribution is 0.605. The maximum absolute atomic E-state index is 6.11. The van der Waals surface area contributed by atoms with Gasteiger partial charge in [0.15, 0.2) is 5.15 Å². The van der Waals surface area contributed by atoms with Gasteiger partial charge in [-0.15, -0.1) is 0 Å². The zero-order chi connectivity index (χ0) is 11.1. The number of halogens is 1. The Hall–Kier alpha value is -0.540. The second-order valence-corrected chi connectivity index (χ2v) is 4.91. The summed E-state index contributed by atoms with van der Waals surface area (Å²) in [6, 6.07) is 0. The summed E-state index contributed by atoms with van der Waals surface area (Å²) in [5.74, 6) is 0. The topological polar surface area (TPSA) is 43.8 Å². The Morgan fingerprint density at radius 2 is 2.20 bits per heavy atom. The largest absolute Gasteiger partial charge is 0.325 e. The molecule has 84 valence electrons. The van der Waals surface area contributed by atoms with E-state index in [1.165, 1.54) is 11.3 Å². The molecule has 0 bridgehead atoms. The van der Waals surface area contributed by atoms with E-state index in [1.807, 2.05) is 11.7 Å².